The predicted octanol–water partition coefficient (Wildman–Crippen LogP) is 4.71. The molecule has 2 heterocycles. The van der Waals surface area contributed by atoms with E-state index in [9.17, 15) is 9.59 Å². The van der Waals surface area contributed by atoms with Gasteiger partial charge in [-0.05, 0) is 58.6 Å². The summed E-state index contributed by atoms with van der Waals surface area (Å²) in [4.78, 5) is 27.9. The molecule has 2 aromatic carbocycles. The highest BCUT2D eigenvalue weighted by atomic mass is 79.9. The number of allylic oxidation sites excluding steroid dienone is 2. The number of amides is 1. The first kappa shape index (κ1) is 17.5. The van der Waals surface area contributed by atoms with Crippen LogP contribution in [-0.4, -0.2) is 18.5 Å². The molecular weight excluding hydrogens is 422 g/mol. The number of ether oxygens (including phenoxy) is 2. The van der Waals surface area contributed by atoms with Gasteiger partial charge >= 0.3 is 0 Å². The standard InChI is InChI=1S/C22H18BrNO4/c23-15-4-1-2-5-16(15)24-17-6-3-7-18(25)22(17)14(11-21(24)26)13-8-9-19-20(10-13)28-12-27-19/h1-2,4-5,8-10,14H,3,6-7,11-12H2. The van der Waals surface area contributed by atoms with Crippen molar-refractivity contribution in [2.45, 2.75) is 31.6 Å². The van der Waals surface area contributed by atoms with Gasteiger partial charge in [0.1, 0.15) is 0 Å². The summed E-state index contributed by atoms with van der Waals surface area (Å²) in [5, 5.41) is 0. The van der Waals surface area contributed by atoms with Crippen LogP contribution in [0.25, 0.3) is 0 Å². The van der Waals surface area contributed by atoms with Gasteiger partial charge in [-0.15, -0.1) is 0 Å². The van der Waals surface area contributed by atoms with E-state index in [1.54, 1.807) is 4.90 Å². The van der Waals surface area contributed by atoms with Gasteiger partial charge in [-0.25, -0.2) is 0 Å². The predicted molar refractivity (Wildman–Crippen MR) is 107 cm³/mol. The fraction of sp³-hybridized carbons (Fsp3) is 0.273. The number of halogens is 1. The second-order valence-electron chi connectivity index (χ2n) is 7.19. The van der Waals surface area contributed by atoms with Crippen LogP contribution in [0.15, 0.2) is 58.2 Å². The number of hydrogen-bond acceptors (Lipinski definition) is 4. The number of rotatable bonds is 2. The Hall–Kier alpha value is -2.60. The second kappa shape index (κ2) is 6.78. The largest absolute Gasteiger partial charge is 0.454 e. The van der Waals surface area contributed by atoms with Crippen LogP contribution < -0.4 is 14.4 Å². The molecule has 1 atom stereocenters. The summed E-state index contributed by atoms with van der Waals surface area (Å²) < 4.78 is 11.7. The SMILES string of the molecule is O=C1CCCC2=C1C(c1ccc3c(c1)OCO3)CC(=O)N2c1ccccc1Br. The van der Waals surface area contributed by atoms with E-state index in [-0.39, 0.29) is 30.8 Å². The highest BCUT2D eigenvalue weighted by Gasteiger charge is 2.40. The van der Waals surface area contributed by atoms with E-state index in [2.05, 4.69) is 15.9 Å². The molecule has 3 aliphatic rings. The first-order valence-corrected chi connectivity index (χ1v) is 10.2. The summed E-state index contributed by atoms with van der Waals surface area (Å²) in [5.74, 6) is 1.26. The molecule has 2 aromatic rings. The molecule has 0 bridgehead atoms. The molecule has 0 radical (unpaired) electrons. The number of fused-ring (bicyclic) bond motifs is 1. The summed E-state index contributed by atoms with van der Waals surface area (Å²) in [6.07, 6.45) is 2.26. The summed E-state index contributed by atoms with van der Waals surface area (Å²) in [6, 6.07) is 13.3. The minimum absolute atomic E-state index is 0.00279. The molecule has 1 unspecified atom stereocenters. The lowest BCUT2D eigenvalue weighted by Gasteiger charge is -2.38. The number of carbonyl (C=O) groups is 2. The van der Waals surface area contributed by atoms with E-state index < -0.39 is 0 Å². The summed E-state index contributed by atoms with van der Waals surface area (Å²) in [5.41, 5.74) is 3.31. The highest BCUT2D eigenvalue weighted by Crippen LogP contribution is 2.46. The van der Waals surface area contributed by atoms with Crippen molar-refractivity contribution in [1.82, 2.24) is 0 Å². The van der Waals surface area contributed by atoms with E-state index in [1.807, 2.05) is 42.5 Å². The van der Waals surface area contributed by atoms with Crippen LogP contribution in [0.5, 0.6) is 11.5 Å². The number of anilines is 1. The summed E-state index contributed by atoms with van der Waals surface area (Å²) in [6.45, 7) is 0.199. The second-order valence-corrected chi connectivity index (χ2v) is 8.04. The molecule has 1 amide bonds. The van der Waals surface area contributed by atoms with Crippen LogP contribution >= 0.6 is 15.9 Å². The van der Waals surface area contributed by atoms with Gasteiger partial charge in [-0.3, -0.25) is 14.5 Å². The van der Waals surface area contributed by atoms with Gasteiger partial charge in [0, 0.05) is 34.5 Å². The number of nitrogens with zero attached hydrogens (tertiary/aromatic N) is 1. The van der Waals surface area contributed by atoms with E-state index in [4.69, 9.17) is 9.47 Å². The Kier molecular flexibility index (Phi) is 4.23. The molecule has 0 spiro atoms. The van der Waals surface area contributed by atoms with Crippen LogP contribution in [-0.2, 0) is 9.59 Å². The Bertz CT molecular complexity index is 1030. The van der Waals surface area contributed by atoms with E-state index >= 15 is 0 Å². The van der Waals surface area contributed by atoms with Crippen molar-refractivity contribution in [3.05, 3.63) is 63.8 Å². The third-order valence-electron chi connectivity index (χ3n) is 5.57. The van der Waals surface area contributed by atoms with Crippen molar-refractivity contribution in [3.8, 4) is 11.5 Å². The maximum atomic E-state index is 13.2. The van der Waals surface area contributed by atoms with Gasteiger partial charge in [0.15, 0.2) is 17.3 Å². The zero-order valence-electron chi connectivity index (χ0n) is 15.1. The fourth-order valence-corrected chi connectivity index (χ4v) is 4.78. The molecule has 28 heavy (non-hydrogen) atoms. The van der Waals surface area contributed by atoms with Crippen LogP contribution in [0.3, 0.4) is 0 Å². The average Bonchev–Trinajstić information content (AvgIpc) is 3.16. The Morgan fingerprint density at radius 2 is 1.82 bits per heavy atom. The molecule has 0 fully saturated rings. The minimum Gasteiger partial charge on any atom is -0.454 e. The van der Waals surface area contributed by atoms with Crippen molar-refractivity contribution in [2.24, 2.45) is 0 Å². The number of benzene rings is 2. The van der Waals surface area contributed by atoms with Gasteiger partial charge < -0.3 is 9.47 Å². The maximum absolute atomic E-state index is 13.2. The maximum Gasteiger partial charge on any atom is 0.232 e. The molecule has 0 saturated heterocycles. The molecule has 5 rings (SSSR count). The van der Waals surface area contributed by atoms with E-state index in [0.717, 1.165) is 39.8 Å². The smallest absolute Gasteiger partial charge is 0.232 e. The zero-order chi connectivity index (χ0) is 19.3. The van der Waals surface area contributed by atoms with Crippen LogP contribution in [0.2, 0.25) is 0 Å². The molecule has 0 aromatic heterocycles. The van der Waals surface area contributed by atoms with Crippen molar-refractivity contribution in [1.29, 1.82) is 0 Å². The van der Waals surface area contributed by atoms with Crippen molar-refractivity contribution in [2.75, 3.05) is 11.7 Å². The van der Waals surface area contributed by atoms with Gasteiger partial charge in [-0.2, -0.15) is 0 Å². The third-order valence-corrected chi connectivity index (χ3v) is 6.24. The Morgan fingerprint density at radius 1 is 1.00 bits per heavy atom. The highest BCUT2D eigenvalue weighted by molar-refractivity contribution is 9.10. The quantitative estimate of drug-likeness (QED) is 0.679. The average molecular weight is 440 g/mol. The van der Waals surface area contributed by atoms with Crippen LogP contribution in [0.1, 0.15) is 37.2 Å². The lowest BCUT2D eigenvalue weighted by Crippen LogP contribution is -2.40. The van der Waals surface area contributed by atoms with E-state index in [1.165, 1.54) is 0 Å². The summed E-state index contributed by atoms with van der Waals surface area (Å²) >= 11 is 3.55. The van der Waals surface area contributed by atoms with Gasteiger partial charge in [0.05, 0.1) is 5.69 Å². The molecule has 6 heteroatoms. The number of ketones is 1. The van der Waals surface area contributed by atoms with Gasteiger partial charge in [-0.1, -0.05) is 18.2 Å². The normalized spacial score (nSPS) is 21.2. The molecule has 142 valence electrons. The Morgan fingerprint density at radius 3 is 2.68 bits per heavy atom. The molecule has 5 nitrogen and oxygen atoms in total. The van der Waals surface area contributed by atoms with Gasteiger partial charge in [0.2, 0.25) is 12.7 Å². The van der Waals surface area contributed by atoms with Crippen molar-refractivity contribution < 1.29 is 19.1 Å². The van der Waals surface area contributed by atoms with Crippen molar-refractivity contribution in [3.63, 3.8) is 0 Å². The molecule has 0 saturated carbocycles. The molecule has 1 aliphatic carbocycles. The fourth-order valence-electron chi connectivity index (χ4n) is 4.32. The van der Waals surface area contributed by atoms with Crippen LogP contribution in [0.4, 0.5) is 5.69 Å². The topological polar surface area (TPSA) is 55.8 Å². The summed E-state index contributed by atoms with van der Waals surface area (Å²) in [7, 11) is 0. The molecule has 0 N–H and O–H groups in total. The third kappa shape index (κ3) is 2.75. The molecular formula is C22H18BrNO4. The van der Waals surface area contributed by atoms with Crippen molar-refractivity contribution >= 4 is 33.3 Å². The Labute approximate surface area is 171 Å². The number of Topliss-reactive ketones (excluding diaryl/α,β-unsaturated/α-hetero) is 1. The van der Waals surface area contributed by atoms with Crippen LogP contribution in [0, 0.1) is 0 Å². The zero-order valence-corrected chi connectivity index (χ0v) is 16.7. The first-order chi connectivity index (χ1) is 13.6. The monoisotopic (exact) mass is 439 g/mol. The molecule has 2 aliphatic heterocycles. The Balaban J connectivity index is 1.65. The minimum atomic E-state index is -0.247. The first-order valence-electron chi connectivity index (χ1n) is 9.37. The van der Waals surface area contributed by atoms with Gasteiger partial charge in [0.25, 0.3) is 0 Å². The van der Waals surface area contributed by atoms with E-state index in [0.29, 0.717) is 17.9 Å². The lowest BCUT2D eigenvalue weighted by molar-refractivity contribution is -0.119. The lowest BCUT2D eigenvalue weighted by atomic mass is 9.77. The number of carbonyl (C=O) groups excluding carboxylic acids is 2. The number of para-hydroxylation sites is 1. The number of hydrogen-bond donors (Lipinski definition) is 0.